The largest absolute Gasteiger partial charge is 0.327 e. The van der Waals surface area contributed by atoms with Gasteiger partial charge in [0.2, 0.25) is 0 Å². The molecule has 1 N–H and O–H groups in total. The van der Waals surface area contributed by atoms with Crippen LogP contribution in [0.2, 0.25) is 0 Å². The Balaban J connectivity index is 1.93. The van der Waals surface area contributed by atoms with Gasteiger partial charge in [0.25, 0.3) is 0 Å². The zero-order valence-corrected chi connectivity index (χ0v) is 9.61. The average Bonchev–Trinajstić information content (AvgIpc) is 3.07. The number of benzene rings is 1. The molecule has 0 saturated heterocycles. The topological polar surface area (TPSA) is 29.9 Å². The third-order valence-corrected chi connectivity index (χ3v) is 3.24. The van der Waals surface area contributed by atoms with Crippen LogP contribution in [-0.2, 0) is 6.42 Å². The minimum atomic E-state index is 0.716. The number of hydrogen-bond donors (Lipinski definition) is 1. The van der Waals surface area contributed by atoms with Gasteiger partial charge in [0.05, 0.1) is 17.4 Å². The predicted molar refractivity (Wildman–Crippen MR) is 65.6 cm³/mol. The number of aromatic nitrogens is 2. The molecule has 0 radical (unpaired) electrons. The lowest BCUT2D eigenvalue weighted by atomic mass is 10.1. The first-order chi connectivity index (χ1) is 7.88. The zero-order chi connectivity index (χ0) is 11.0. The highest BCUT2D eigenvalue weighted by molar-refractivity contribution is 5.76. The maximum Gasteiger partial charge on any atom is 0.0960 e. The average molecular weight is 215 g/mol. The molecule has 3 heteroatoms. The van der Waals surface area contributed by atoms with Gasteiger partial charge in [-0.3, -0.25) is 0 Å². The first kappa shape index (κ1) is 9.85. The number of likely N-dealkylation sites (N-methyl/N-ethyl adjacent to an activating group) is 1. The summed E-state index contributed by atoms with van der Waals surface area (Å²) >= 11 is 0. The molecule has 3 nitrogen and oxygen atoms in total. The van der Waals surface area contributed by atoms with Gasteiger partial charge < -0.3 is 9.88 Å². The van der Waals surface area contributed by atoms with Crippen molar-refractivity contribution in [2.45, 2.75) is 25.3 Å². The van der Waals surface area contributed by atoms with Gasteiger partial charge in [-0.15, -0.1) is 0 Å². The fourth-order valence-corrected chi connectivity index (χ4v) is 2.15. The van der Waals surface area contributed by atoms with Gasteiger partial charge in [-0.05, 0) is 50.6 Å². The van der Waals surface area contributed by atoms with Crippen LogP contribution in [0.15, 0.2) is 24.5 Å². The SMILES string of the molecule is CNCCc1ccc2c(c1)ncn2C1CC1. The molecule has 0 unspecified atom stereocenters. The number of fused-ring (bicyclic) bond motifs is 1. The second-order valence-corrected chi connectivity index (χ2v) is 4.56. The molecule has 1 aliphatic rings. The van der Waals surface area contributed by atoms with Crippen molar-refractivity contribution in [1.82, 2.24) is 14.9 Å². The minimum absolute atomic E-state index is 0.716. The fraction of sp³-hybridized carbons (Fsp3) is 0.462. The molecule has 0 amide bonds. The molecule has 1 aromatic carbocycles. The van der Waals surface area contributed by atoms with Crippen LogP contribution in [0.3, 0.4) is 0 Å². The Morgan fingerprint density at radius 1 is 1.44 bits per heavy atom. The van der Waals surface area contributed by atoms with E-state index in [9.17, 15) is 0 Å². The van der Waals surface area contributed by atoms with E-state index in [-0.39, 0.29) is 0 Å². The highest BCUT2D eigenvalue weighted by atomic mass is 15.1. The van der Waals surface area contributed by atoms with Crippen LogP contribution in [0.1, 0.15) is 24.4 Å². The molecule has 0 atom stereocenters. The van der Waals surface area contributed by atoms with Gasteiger partial charge in [-0.2, -0.15) is 0 Å². The summed E-state index contributed by atoms with van der Waals surface area (Å²) in [7, 11) is 1.99. The molecule has 16 heavy (non-hydrogen) atoms. The molecule has 84 valence electrons. The Morgan fingerprint density at radius 3 is 3.06 bits per heavy atom. The van der Waals surface area contributed by atoms with E-state index >= 15 is 0 Å². The summed E-state index contributed by atoms with van der Waals surface area (Å²) in [6, 6.07) is 7.37. The van der Waals surface area contributed by atoms with E-state index in [0.717, 1.165) is 18.5 Å². The van der Waals surface area contributed by atoms with Gasteiger partial charge in [0, 0.05) is 6.04 Å². The van der Waals surface area contributed by atoms with E-state index in [4.69, 9.17) is 0 Å². The maximum absolute atomic E-state index is 4.49. The summed E-state index contributed by atoms with van der Waals surface area (Å²) < 4.78 is 2.32. The third kappa shape index (κ3) is 1.71. The second kappa shape index (κ2) is 3.91. The van der Waals surface area contributed by atoms with E-state index in [1.165, 1.54) is 23.9 Å². The van der Waals surface area contributed by atoms with Gasteiger partial charge in [0.1, 0.15) is 0 Å². The Bertz CT molecular complexity index is 497. The molecule has 0 bridgehead atoms. The highest BCUT2D eigenvalue weighted by Crippen LogP contribution is 2.37. The van der Waals surface area contributed by atoms with Crippen molar-refractivity contribution in [2.24, 2.45) is 0 Å². The van der Waals surface area contributed by atoms with Crippen molar-refractivity contribution in [3.8, 4) is 0 Å². The van der Waals surface area contributed by atoms with Gasteiger partial charge in [-0.25, -0.2) is 4.98 Å². The Labute approximate surface area is 95.5 Å². The van der Waals surface area contributed by atoms with Crippen molar-refractivity contribution >= 4 is 11.0 Å². The third-order valence-electron chi connectivity index (χ3n) is 3.24. The van der Waals surface area contributed by atoms with Crippen LogP contribution in [-0.4, -0.2) is 23.1 Å². The lowest BCUT2D eigenvalue weighted by Crippen LogP contribution is -2.10. The number of nitrogens with zero attached hydrogens (tertiary/aromatic N) is 2. The minimum Gasteiger partial charge on any atom is -0.327 e. The molecule has 1 fully saturated rings. The van der Waals surface area contributed by atoms with Crippen LogP contribution >= 0.6 is 0 Å². The van der Waals surface area contributed by atoms with Gasteiger partial charge >= 0.3 is 0 Å². The van der Waals surface area contributed by atoms with Crippen LogP contribution < -0.4 is 5.32 Å². The number of nitrogens with one attached hydrogen (secondary N) is 1. The van der Waals surface area contributed by atoms with E-state index in [0.29, 0.717) is 6.04 Å². The second-order valence-electron chi connectivity index (χ2n) is 4.56. The molecule has 0 aliphatic heterocycles. The number of hydrogen-bond acceptors (Lipinski definition) is 2. The smallest absolute Gasteiger partial charge is 0.0960 e. The molecule has 1 aromatic heterocycles. The molecular weight excluding hydrogens is 198 g/mol. The summed E-state index contributed by atoms with van der Waals surface area (Å²) in [5.74, 6) is 0. The van der Waals surface area contributed by atoms with Crippen molar-refractivity contribution in [1.29, 1.82) is 0 Å². The van der Waals surface area contributed by atoms with Crippen LogP contribution in [0.4, 0.5) is 0 Å². The lowest BCUT2D eigenvalue weighted by Gasteiger charge is -2.03. The molecule has 1 heterocycles. The standard InChI is InChI=1S/C13H17N3/c1-14-7-6-10-2-5-13-12(8-10)15-9-16(13)11-3-4-11/h2,5,8-9,11,14H,3-4,6-7H2,1H3. The van der Waals surface area contributed by atoms with Gasteiger partial charge in [0.15, 0.2) is 0 Å². The fourth-order valence-electron chi connectivity index (χ4n) is 2.15. The number of imidazole rings is 1. The van der Waals surface area contributed by atoms with Crippen molar-refractivity contribution < 1.29 is 0 Å². The van der Waals surface area contributed by atoms with Crippen LogP contribution in [0.5, 0.6) is 0 Å². The molecule has 0 spiro atoms. The Hall–Kier alpha value is -1.35. The normalized spacial score (nSPS) is 15.8. The summed E-state index contributed by atoms with van der Waals surface area (Å²) in [6.07, 6.45) is 5.69. The molecule has 1 saturated carbocycles. The highest BCUT2D eigenvalue weighted by Gasteiger charge is 2.24. The quantitative estimate of drug-likeness (QED) is 0.846. The summed E-state index contributed by atoms with van der Waals surface area (Å²) in [5.41, 5.74) is 3.79. The molecule has 1 aliphatic carbocycles. The Kier molecular flexibility index (Phi) is 2.40. The van der Waals surface area contributed by atoms with Crippen LogP contribution in [0.25, 0.3) is 11.0 Å². The Morgan fingerprint density at radius 2 is 2.31 bits per heavy atom. The van der Waals surface area contributed by atoms with Gasteiger partial charge in [-0.1, -0.05) is 6.07 Å². The molecule has 2 aromatic rings. The van der Waals surface area contributed by atoms with E-state index in [1.54, 1.807) is 0 Å². The summed E-state index contributed by atoms with van der Waals surface area (Å²) in [4.78, 5) is 4.49. The zero-order valence-electron chi connectivity index (χ0n) is 9.61. The van der Waals surface area contributed by atoms with E-state index < -0.39 is 0 Å². The number of rotatable bonds is 4. The van der Waals surface area contributed by atoms with Crippen molar-refractivity contribution in [3.63, 3.8) is 0 Å². The first-order valence-corrected chi connectivity index (χ1v) is 5.98. The van der Waals surface area contributed by atoms with E-state index in [2.05, 4.69) is 33.1 Å². The first-order valence-electron chi connectivity index (χ1n) is 5.98. The molecular formula is C13H17N3. The summed E-state index contributed by atoms with van der Waals surface area (Å²) in [6.45, 7) is 1.02. The molecule has 3 rings (SSSR count). The summed E-state index contributed by atoms with van der Waals surface area (Å²) in [5, 5.41) is 3.17. The van der Waals surface area contributed by atoms with Crippen molar-refractivity contribution in [2.75, 3.05) is 13.6 Å². The predicted octanol–water partition coefficient (Wildman–Crippen LogP) is 2.13. The van der Waals surface area contributed by atoms with Crippen molar-refractivity contribution in [3.05, 3.63) is 30.1 Å². The monoisotopic (exact) mass is 215 g/mol. The van der Waals surface area contributed by atoms with E-state index in [1.807, 2.05) is 13.4 Å². The maximum atomic E-state index is 4.49. The van der Waals surface area contributed by atoms with Crippen LogP contribution in [0, 0.1) is 0 Å². The lowest BCUT2D eigenvalue weighted by molar-refractivity contribution is 0.765.